The zero-order valence-electron chi connectivity index (χ0n) is 19.8. The molecule has 0 unspecified atom stereocenters. The minimum absolute atomic E-state index is 0.0594. The van der Waals surface area contributed by atoms with Gasteiger partial charge in [0.05, 0.1) is 11.6 Å². The zero-order valence-corrected chi connectivity index (χ0v) is 19.8. The van der Waals surface area contributed by atoms with E-state index < -0.39 is 11.7 Å². The van der Waals surface area contributed by atoms with Crippen molar-refractivity contribution in [3.63, 3.8) is 0 Å². The van der Waals surface area contributed by atoms with E-state index in [0.29, 0.717) is 19.4 Å². The topological polar surface area (TPSA) is 86.5 Å². The van der Waals surface area contributed by atoms with Gasteiger partial charge in [0.15, 0.2) is 0 Å². The number of hydrogen-bond acceptors (Lipinski definition) is 4. The maximum Gasteiger partial charge on any atom is 0.407 e. The Morgan fingerprint density at radius 2 is 1.58 bits per heavy atom. The Labute approximate surface area is 196 Å². The van der Waals surface area contributed by atoms with Crippen LogP contribution in [0.15, 0.2) is 67.0 Å². The van der Waals surface area contributed by atoms with Crippen LogP contribution in [-0.2, 0) is 0 Å². The molecule has 0 saturated carbocycles. The molecule has 1 aromatic heterocycles. The molecule has 1 amide bonds. The van der Waals surface area contributed by atoms with Gasteiger partial charge in [-0.1, -0.05) is 54.6 Å². The molecule has 0 aliphatic heterocycles. The van der Waals surface area contributed by atoms with Gasteiger partial charge in [-0.15, -0.1) is 0 Å². The van der Waals surface area contributed by atoms with Crippen molar-refractivity contribution in [2.75, 3.05) is 6.54 Å². The molecule has 0 aliphatic rings. The van der Waals surface area contributed by atoms with E-state index in [1.165, 1.54) is 4.90 Å². The van der Waals surface area contributed by atoms with Crippen LogP contribution in [0.1, 0.15) is 62.5 Å². The first-order chi connectivity index (χ1) is 15.6. The highest BCUT2D eigenvalue weighted by Crippen LogP contribution is 2.31. The first kappa shape index (κ1) is 24.4. The standard InChI is InChI=1S/C27H33N3O3/c1-19(21-10-12-23(13-11-21)25-17-28-20(2)29-18-25)30(26(31)32)15-14-24(16-27(3,4)33)22-8-6-5-7-9-22/h5-13,17-19,24,33H,14-16H2,1-4H3,(H,31,32)/t19-,24+/m0/s1. The maximum absolute atomic E-state index is 12.1. The van der Waals surface area contributed by atoms with Crippen LogP contribution >= 0.6 is 0 Å². The van der Waals surface area contributed by atoms with Crippen molar-refractivity contribution in [3.8, 4) is 11.1 Å². The summed E-state index contributed by atoms with van der Waals surface area (Å²) in [6.45, 7) is 7.71. The molecular weight excluding hydrogens is 414 g/mol. The fourth-order valence-corrected chi connectivity index (χ4v) is 4.14. The molecule has 33 heavy (non-hydrogen) atoms. The zero-order chi connectivity index (χ0) is 24.0. The molecule has 0 fully saturated rings. The third-order valence-corrected chi connectivity index (χ3v) is 5.96. The summed E-state index contributed by atoms with van der Waals surface area (Å²) in [4.78, 5) is 22.1. The molecule has 174 valence electrons. The van der Waals surface area contributed by atoms with Gasteiger partial charge >= 0.3 is 6.09 Å². The predicted octanol–water partition coefficient (Wildman–Crippen LogP) is 5.83. The van der Waals surface area contributed by atoms with Crippen molar-refractivity contribution in [1.29, 1.82) is 0 Å². The summed E-state index contributed by atoms with van der Waals surface area (Å²) in [5.74, 6) is 0.781. The van der Waals surface area contributed by atoms with Gasteiger partial charge in [-0.2, -0.15) is 0 Å². The third kappa shape index (κ3) is 6.86. The SMILES string of the molecule is Cc1ncc(-c2ccc([C@H](C)N(CC[C@H](CC(C)(C)O)c3ccccc3)C(=O)O)cc2)cn1. The molecule has 6 nitrogen and oxygen atoms in total. The van der Waals surface area contributed by atoms with Gasteiger partial charge in [0, 0.05) is 24.5 Å². The van der Waals surface area contributed by atoms with E-state index in [9.17, 15) is 15.0 Å². The summed E-state index contributed by atoms with van der Waals surface area (Å²) < 4.78 is 0. The fourth-order valence-electron chi connectivity index (χ4n) is 4.14. The van der Waals surface area contributed by atoms with Crippen LogP contribution in [0.5, 0.6) is 0 Å². The van der Waals surface area contributed by atoms with Crippen molar-refractivity contribution in [2.24, 2.45) is 0 Å². The van der Waals surface area contributed by atoms with Crippen molar-refractivity contribution in [3.05, 3.63) is 83.9 Å². The molecule has 3 rings (SSSR count). The molecule has 3 aromatic rings. The first-order valence-corrected chi connectivity index (χ1v) is 11.3. The second-order valence-electron chi connectivity index (χ2n) is 9.21. The van der Waals surface area contributed by atoms with Crippen molar-refractivity contribution in [1.82, 2.24) is 14.9 Å². The summed E-state index contributed by atoms with van der Waals surface area (Å²) >= 11 is 0. The van der Waals surface area contributed by atoms with Gasteiger partial charge in [0.1, 0.15) is 5.82 Å². The molecular formula is C27H33N3O3. The smallest absolute Gasteiger partial charge is 0.407 e. The highest BCUT2D eigenvalue weighted by molar-refractivity contribution is 5.66. The van der Waals surface area contributed by atoms with Crippen LogP contribution in [-0.4, -0.2) is 43.3 Å². The highest BCUT2D eigenvalue weighted by atomic mass is 16.4. The Morgan fingerprint density at radius 1 is 0.970 bits per heavy atom. The van der Waals surface area contributed by atoms with E-state index in [1.54, 1.807) is 26.2 Å². The minimum Gasteiger partial charge on any atom is -0.465 e. The third-order valence-electron chi connectivity index (χ3n) is 5.96. The summed E-state index contributed by atoms with van der Waals surface area (Å²) in [7, 11) is 0. The van der Waals surface area contributed by atoms with E-state index in [0.717, 1.165) is 28.1 Å². The lowest BCUT2D eigenvalue weighted by molar-refractivity contribution is 0.0598. The number of amides is 1. The Kier molecular flexibility index (Phi) is 7.82. The van der Waals surface area contributed by atoms with E-state index in [1.807, 2.05) is 68.4 Å². The van der Waals surface area contributed by atoms with E-state index in [2.05, 4.69) is 9.97 Å². The van der Waals surface area contributed by atoms with Crippen molar-refractivity contribution < 1.29 is 15.0 Å². The number of hydrogen-bond donors (Lipinski definition) is 2. The van der Waals surface area contributed by atoms with Crippen molar-refractivity contribution >= 4 is 6.09 Å². The number of carbonyl (C=O) groups is 1. The van der Waals surface area contributed by atoms with Crippen LogP contribution in [0.3, 0.4) is 0 Å². The number of carboxylic acid groups (broad SMARTS) is 1. The lowest BCUT2D eigenvalue weighted by Crippen LogP contribution is -2.34. The molecule has 0 radical (unpaired) electrons. The Bertz CT molecular complexity index is 1030. The summed E-state index contributed by atoms with van der Waals surface area (Å²) in [5, 5.41) is 20.3. The fraction of sp³-hybridized carbons (Fsp3) is 0.370. The minimum atomic E-state index is -0.950. The lowest BCUT2D eigenvalue weighted by atomic mass is 9.85. The highest BCUT2D eigenvalue weighted by Gasteiger charge is 2.26. The van der Waals surface area contributed by atoms with Crippen LogP contribution in [0.4, 0.5) is 4.79 Å². The summed E-state index contributed by atoms with van der Waals surface area (Å²) in [6, 6.07) is 17.6. The van der Waals surface area contributed by atoms with Gasteiger partial charge in [0.2, 0.25) is 0 Å². The molecule has 2 N–H and O–H groups in total. The molecule has 0 aliphatic carbocycles. The van der Waals surface area contributed by atoms with Gasteiger partial charge in [-0.25, -0.2) is 14.8 Å². The second-order valence-corrected chi connectivity index (χ2v) is 9.21. The number of nitrogens with zero attached hydrogens (tertiary/aromatic N) is 3. The summed E-state index contributed by atoms with van der Waals surface area (Å²) in [6.07, 6.45) is 3.82. The van der Waals surface area contributed by atoms with Gasteiger partial charge in [-0.3, -0.25) is 0 Å². The number of aryl methyl sites for hydroxylation is 1. The quantitative estimate of drug-likeness (QED) is 0.431. The van der Waals surface area contributed by atoms with E-state index >= 15 is 0 Å². The molecule has 1 heterocycles. The Balaban J connectivity index is 1.74. The molecule has 6 heteroatoms. The van der Waals surface area contributed by atoms with Crippen LogP contribution in [0.2, 0.25) is 0 Å². The number of aromatic nitrogens is 2. The molecule has 0 bridgehead atoms. The monoisotopic (exact) mass is 447 g/mol. The molecule has 0 spiro atoms. The Hall–Kier alpha value is -3.25. The van der Waals surface area contributed by atoms with Gasteiger partial charge in [-0.05, 0) is 63.1 Å². The van der Waals surface area contributed by atoms with Crippen molar-refractivity contribution in [2.45, 2.75) is 58.1 Å². The lowest BCUT2D eigenvalue weighted by Gasteiger charge is -2.31. The number of aliphatic hydroxyl groups is 1. The molecule has 2 aromatic carbocycles. The average Bonchev–Trinajstić information content (AvgIpc) is 2.78. The Morgan fingerprint density at radius 3 is 2.12 bits per heavy atom. The normalized spacial score (nSPS) is 13.4. The predicted molar refractivity (Wildman–Crippen MR) is 130 cm³/mol. The van der Waals surface area contributed by atoms with Crippen LogP contribution < -0.4 is 0 Å². The van der Waals surface area contributed by atoms with Gasteiger partial charge in [0.25, 0.3) is 0 Å². The van der Waals surface area contributed by atoms with E-state index in [4.69, 9.17) is 0 Å². The number of rotatable bonds is 9. The summed E-state index contributed by atoms with van der Waals surface area (Å²) in [5.41, 5.74) is 3.11. The first-order valence-electron chi connectivity index (χ1n) is 11.3. The largest absolute Gasteiger partial charge is 0.465 e. The van der Waals surface area contributed by atoms with E-state index in [-0.39, 0.29) is 12.0 Å². The van der Waals surface area contributed by atoms with Crippen LogP contribution in [0, 0.1) is 6.92 Å². The number of benzene rings is 2. The molecule has 2 atom stereocenters. The second kappa shape index (κ2) is 10.6. The van der Waals surface area contributed by atoms with Gasteiger partial charge < -0.3 is 15.1 Å². The maximum atomic E-state index is 12.1. The average molecular weight is 448 g/mol. The molecule has 0 saturated heterocycles. The van der Waals surface area contributed by atoms with Crippen LogP contribution in [0.25, 0.3) is 11.1 Å².